The number of anilines is 1. The summed E-state index contributed by atoms with van der Waals surface area (Å²) in [6.45, 7) is 11.3. The molecule has 0 saturated carbocycles. The van der Waals surface area contributed by atoms with Crippen molar-refractivity contribution in [1.29, 1.82) is 0 Å². The smallest absolute Gasteiger partial charge is 0.0748 e. The highest BCUT2D eigenvalue weighted by molar-refractivity contribution is 5.52. The van der Waals surface area contributed by atoms with Crippen LogP contribution in [-0.2, 0) is 11.3 Å². The highest BCUT2D eigenvalue weighted by Crippen LogP contribution is 2.22. The van der Waals surface area contributed by atoms with Crippen molar-refractivity contribution in [3.05, 3.63) is 24.0 Å². The molecule has 0 aromatic carbocycles. The minimum Gasteiger partial charge on any atom is -0.375 e. The van der Waals surface area contributed by atoms with Crippen molar-refractivity contribution in [3.8, 4) is 0 Å². The third kappa shape index (κ3) is 4.18. The fourth-order valence-corrected chi connectivity index (χ4v) is 2.55. The van der Waals surface area contributed by atoms with Gasteiger partial charge in [-0.2, -0.15) is 0 Å². The van der Waals surface area contributed by atoms with Crippen LogP contribution in [0.2, 0.25) is 0 Å². The quantitative estimate of drug-likeness (QED) is 0.866. The molecule has 4 nitrogen and oxygen atoms in total. The zero-order chi connectivity index (χ0) is 14.4. The van der Waals surface area contributed by atoms with E-state index in [9.17, 15) is 0 Å². The van der Waals surface area contributed by atoms with Gasteiger partial charge in [-0.25, -0.2) is 0 Å². The maximum absolute atomic E-state index is 5.76. The Labute approximate surface area is 122 Å². The van der Waals surface area contributed by atoms with E-state index in [2.05, 4.69) is 42.0 Å². The van der Waals surface area contributed by atoms with Gasteiger partial charge in [-0.1, -0.05) is 20.8 Å². The highest BCUT2D eigenvalue weighted by atomic mass is 16.5. The fraction of sp³-hybridized carbons (Fsp3) is 0.688. The van der Waals surface area contributed by atoms with Crippen molar-refractivity contribution in [2.45, 2.75) is 39.8 Å². The standard InChI is InChI=1S/C16H27N3O/c1-4-15-12-19(7-8-20-15)16-5-6-17-10-14(16)11-18-9-13(2)3/h5-6,10,13,15,18H,4,7-9,11-12H2,1-3H3. The summed E-state index contributed by atoms with van der Waals surface area (Å²) in [5.41, 5.74) is 2.59. The lowest BCUT2D eigenvalue weighted by atomic mass is 10.1. The maximum Gasteiger partial charge on any atom is 0.0748 e. The van der Waals surface area contributed by atoms with E-state index in [1.807, 2.05) is 12.4 Å². The van der Waals surface area contributed by atoms with Gasteiger partial charge in [0.1, 0.15) is 0 Å². The van der Waals surface area contributed by atoms with Crippen LogP contribution >= 0.6 is 0 Å². The third-order valence-corrected chi connectivity index (χ3v) is 3.68. The Morgan fingerprint density at radius 2 is 2.35 bits per heavy atom. The van der Waals surface area contributed by atoms with E-state index < -0.39 is 0 Å². The lowest BCUT2D eigenvalue weighted by Gasteiger charge is -2.35. The first-order valence-corrected chi connectivity index (χ1v) is 7.70. The van der Waals surface area contributed by atoms with Crippen molar-refractivity contribution in [2.75, 3.05) is 31.1 Å². The lowest BCUT2D eigenvalue weighted by Crippen LogP contribution is -2.42. The average molecular weight is 277 g/mol. The Morgan fingerprint density at radius 3 is 3.10 bits per heavy atom. The van der Waals surface area contributed by atoms with Crippen molar-refractivity contribution in [1.82, 2.24) is 10.3 Å². The van der Waals surface area contributed by atoms with Crippen molar-refractivity contribution in [3.63, 3.8) is 0 Å². The summed E-state index contributed by atoms with van der Waals surface area (Å²) >= 11 is 0. The van der Waals surface area contributed by atoms with Gasteiger partial charge in [-0.05, 0) is 24.9 Å². The van der Waals surface area contributed by atoms with E-state index in [1.54, 1.807) is 0 Å². The molecule has 0 aliphatic carbocycles. The molecule has 1 aliphatic rings. The molecule has 20 heavy (non-hydrogen) atoms. The summed E-state index contributed by atoms with van der Waals surface area (Å²) in [6, 6.07) is 2.13. The zero-order valence-corrected chi connectivity index (χ0v) is 12.9. The number of hydrogen-bond acceptors (Lipinski definition) is 4. The van der Waals surface area contributed by atoms with Gasteiger partial charge >= 0.3 is 0 Å². The number of ether oxygens (including phenoxy) is 1. The van der Waals surface area contributed by atoms with Crippen LogP contribution in [0.5, 0.6) is 0 Å². The molecular weight excluding hydrogens is 250 g/mol. The Balaban J connectivity index is 2.03. The summed E-state index contributed by atoms with van der Waals surface area (Å²) < 4.78 is 5.76. The Kier molecular flexibility index (Phi) is 5.80. The Morgan fingerprint density at radius 1 is 1.50 bits per heavy atom. The van der Waals surface area contributed by atoms with Gasteiger partial charge in [0.25, 0.3) is 0 Å². The van der Waals surface area contributed by atoms with Crippen LogP contribution in [0, 0.1) is 5.92 Å². The SMILES string of the molecule is CCC1CN(c2ccncc2CNCC(C)C)CCO1. The van der Waals surface area contributed by atoms with E-state index in [-0.39, 0.29) is 0 Å². The van der Waals surface area contributed by atoms with Gasteiger partial charge in [0.05, 0.1) is 12.7 Å². The molecule has 112 valence electrons. The van der Waals surface area contributed by atoms with Gasteiger partial charge in [0.2, 0.25) is 0 Å². The van der Waals surface area contributed by atoms with Crippen LogP contribution in [0.3, 0.4) is 0 Å². The molecule has 0 bridgehead atoms. The fourth-order valence-electron chi connectivity index (χ4n) is 2.55. The van der Waals surface area contributed by atoms with E-state index in [1.165, 1.54) is 11.3 Å². The topological polar surface area (TPSA) is 37.4 Å². The first-order chi connectivity index (χ1) is 9.70. The van der Waals surface area contributed by atoms with E-state index in [4.69, 9.17) is 4.74 Å². The van der Waals surface area contributed by atoms with Crippen LogP contribution in [0.15, 0.2) is 18.5 Å². The molecule has 0 spiro atoms. The zero-order valence-electron chi connectivity index (χ0n) is 12.9. The van der Waals surface area contributed by atoms with Gasteiger partial charge in [-0.15, -0.1) is 0 Å². The normalized spacial score (nSPS) is 19.6. The largest absolute Gasteiger partial charge is 0.375 e. The first-order valence-electron chi connectivity index (χ1n) is 7.70. The number of nitrogens with zero attached hydrogens (tertiary/aromatic N) is 2. The molecule has 0 amide bonds. The van der Waals surface area contributed by atoms with Crippen LogP contribution < -0.4 is 10.2 Å². The summed E-state index contributed by atoms with van der Waals surface area (Å²) in [5.74, 6) is 0.669. The van der Waals surface area contributed by atoms with E-state index in [0.717, 1.165) is 39.2 Å². The molecule has 1 unspecified atom stereocenters. The number of morpholine rings is 1. The van der Waals surface area contributed by atoms with E-state index in [0.29, 0.717) is 12.0 Å². The average Bonchev–Trinajstić information content (AvgIpc) is 2.47. The van der Waals surface area contributed by atoms with Gasteiger partial charge in [0.15, 0.2) is 0 Å². The Hall–Kier alpha value is -1.13. The second-order valence-corrected chi connectivity index (χ2v) is 5.88. The Bertz CT molecular complexity index is 408. The predicted molar refractivity (Wildman–Crippen MR) is 83.0 cm³/mol. The van der Waals surface area contributed by atoms with Crippen molar-refractivity contribution < 1.29 is 4.74 Å². The molecule has 2 heterocycles. The van der Waals surface area contributed by atoms with Crippen molar-refractivity contribution in [2.24, 2.45) is 5.92 Å². The van der Waals surface area contributed by atoms with Crippen LogP contribution in [0.25, 0.3) is 0 Å². The minimum absolute atomic E-state index is 0.355. The number of rotatable bonds is 6. The van der Waals surface area contributed by atoms with Crippen molar-refractivity contribution >= 4 is 5.69 Å². The monoisotopic (exact) mass is 277 g/mol. The second-order valence-electron chi connectivity index (χ2n) is 5.88. The lowest BCUT2D eigenvalue weighted by molar-refractivity contribution is 0.0384. The van der Waals surface area contributed by atoms with Crippen LogP contribution in [0.4, 0.5) is 5.69 Å². The van der Waals surface area contributed by atoms with Gasteiger partial charge in [0, 0.05) is 43.3 Å². The maximum atomic E-state index is 5.76. The molecule has 4 heteroatoms. The van der Waals surface area contributed by atoms with Gasteiger partial charge in [-0.3, -0.25) is 4.98 Å². The van der Waals surface area contributed by atoms with Crippen LogP contribution in [0.1, 0.15) is 32.8 Å². The first kappa shape index (κ1) is 15.3. The molecular formula is C16H27N3O. The van der Waals surface area contributed by atoms with E-state index >= 15 is 0 Å². The van der Waals surface area contributed by atoms with Gasteiger partial charge < -0.3 is 15.0 Å². The molecule has 1 aromatic rings. The summed E-state index contributed by atoms with van der Waals surface area (Å²) in [6.07, 6.45) is 5.30. The summed E-state index contributed by atoms with van der Waals surface area (Å²) in [4.78, 5) is 6.72. The number of nitrogens with one attached hydrogen (secondary N) is 1. The molecule has 1 atom stereocenters. The number of aromatic nitrogens is 1. The molecule has 2 rings (SSSR count). The number of pyridine rings is 1. The summed E-state index contributed by atoms with van der Waals surface area (Å²) in [5, 5.41) is 3.51. The summed E-state index contributed by atoms with van der Waals surface area (Å²) in [7, 11) is 0. The molecule has 1 aromatic heterocycles. The third-order valence-electron chi connectivity index (χ3n) is 3.68. The minimum atomic E-state index is 0.355. The van der Waals surface area contributed by atoms with Crippen LogP contribution in [-0.4, -0.2) is 37.3 Å². The molecule has 0 radical (unpaired) electrons. The second kappa shape index (κ2) is 7.60. The highest BCUT2D eigenvalue weighted by Gasteiger charge is 2.20. The molecule has 1 N–H and O–H groups in total. The molecule has 1 aliphatic heterocycles. The predicted octanol–water partition coefficient (Wildman–Crippen LogP) is 2.44. The number of hydrogen-bond donors (Lipinski definition) is 1. The molecule has 1 fully saturated rings. The molecule has 1 saturated heterocycles.